The molecule has 0 fully saturated rings. The highest BCUT2D eigenvalue weighted by molar-refractivity contribution is 7.88. The molecule has 31 heavy (non-hydrogen) atoms. The molecular formula is C22H23FN4O3S. The van der Waals surface area contributed by atoms with Gasteiger partial charge in [-0.05, 0) is 54.3 Å². The number of halogens is 1. The second-order valence-electron chi connectivity index (χ2n) is 7.49. The van der Waals surface area contributed by atoms with Crippen LogP contribution >= 0.6 is 0 Å². The molecule has 3 aromatic rings. The zero-order valence-electron chi connectivity index (χ0n) is 17.3. The molecule has 1 N–H and O–H groups in total. The quantitative estimate of drug-likeness (QED) is 0.658. The number of sulfonamides is 1. The van der Waals surface area contributed by atoms with Gasteiger partial charge in [-0.3, -0.25) is 4.79 Å². The minimum Gasteiger partial charge on any atom is -0.322 e. The number of fused-ring (bicyclic) bond motifs is 1. The van der Waals surface area contributed by atoms with Crippen LogP contribution in [0.3, 0.4) is 0 Å². The molecule has 0 spiro atoms. The number of nitrogens with one attached hydrogen (secondary N) is 1. The van der Waals surface area contributed by atoms with Crippen molar-refractivity contribution in [3.63, 3.8) is 0 Å². The van der Waals surface area contributed by atoms with Gasteiger partial charge in [0.1, 0.15) is 5.82 Å². The van der Waals surface area contributed by atoms with Gasteiger partial charge in [0.05, 0.1) is 29.4 Å². The number of carbonyl (C=O) groups excluding carboxylic acids is 1. The molecule has 0 radical (unpaired) electrons. The Morgan fingerprint density at radius 2 is 1.94 bits per heavy atom. The van der Waals surface area contributed by atoms with Crippen molar-refractivity contribution >= 4 is 21.6 Å². The monoisotopic (exact) mass is 442 g/mol. The van der Waals surface area contributed by atoms with Crippen LogP contribution < -0.4 is 5.32 Å². The Kier molecular flexibility index (Phi) is 5.63. The summed E-state index contributed by atoms with van der Waals surface area (Å²) in [5, 5.41) is 7.30. The third-order valence-electron chi connectivity index (χ3n) is 5.47. The molecule has 2 heterocycles. The molecule has 9 heteroatoms. The summed E-state index contributed by atoms with van der Waals surface area (Å²) in [4.78, 5) is 13.1. The van der Waals surface area contributed by atoms with Crippen molar-refractivity contribution in [2.45, 2.75) is 26.3 Å². The maximum Gasteiger partial charge on any atom is 0.259 e. The van der Waals surface area contributed by atoms with E-state index >= 15 is 0 Å². The molecule has 7 nitrogen and oxygen atoms in total. The number of carbonyl (C=O) groups is 1. The predicted molar refractivity (Wildman–Crippen MR) is 116 cm³/mol. The minimum absolute atomic E-state index is 0.288. The second-order valence-corrected chi connectivity index (χ2v) is 9.47. The van der Waals surface area contributed by atoms with Crippen LogP contribution in [0.2, 0.25) is 0 Å². The van der Waals surface area contributed by atoms with Crippen LogP contribution in [0.5, 0.6) is 0 Å². The SMILES string of the molecule is CCc1c(C(=O)Nc2cccc3c2CCN(S(C)(=O)=O)C3)cnn1-c1ccc(F)cc1. The van der Waals surface area contributed by atoms with Gasteiger partial charge >= 0.3 is 0 Å². The van der Waals surface area contributed by atoms with E-state index in [9.17, 15) is 17.6 Å². The van der Waals surface area contributed by atoms with E-state index in [0.717, 1.165) is 16.8 Å². The second kappa shape index (κ2) is 8.24. The van der Waals surface area contributed by atoms with Gasteiger partial charge in [-0.2, -0.15) is 9.40 Å². The molecule has 1 amide bonds. The Morgan fingerprint density at radius 1 is 1.19 bits per heavy atom. The number of anilines is 1. The van der Waals surface area contributed by atoms with Gasteiger partial charge in [0.15, 0.2) is 0 Å². The largest absolute Gasteiger partial charge is 0.322 e. The molecule has 2 aromatic carbocycles. The number of aromatic nitrogens is 2. The van der Waals surface area contributed by atoms with Crippen molar-refractivity contribution in [2.24, 2.45) is 0 Å². The fourth-order valence-corrected chi connectivity index (χ4v) is 4.68. The molecule has 4 rings (SSSR count). The molecule has 1 aliphatic rings. The summed E-state index contributed by atoms with van der Waals surface area (Å²) in [6.07, 6.45) is 3.80. The van der Waals surface area contributed by atoms with Gasteiger partial charge in [0.25, 0.3) is 5.91 Å². The molecule has 1 aliphatic heterocycles. The zero-order chi connectivity index (χ0) is 22.2. The van der Waals surface area contributed by atoms with Gasteiger partial charge in [-0.15, -0.1) is 0 Å². The van der Waals surface area contributed by atoms with Crippen molar-refractivity contribution in [1.82, 2.24) is 14.1 Å². The third kappa shape index (κ3) is 4.24. The van der Waals surface area contributed by atoms with E-state index in [2.05, 4.69) is 10.4 Å². The molecule has 0 saturated carbocycles. The molecular weight excluding hydrogens is 419 g/mol. The minimum atomic E-state index is -3.27. The Labute approximate surface area is 180 Å². The summed E-state index contributed by atoms with van der Waals surface area (Å²) in [6, 6.07) is 11.4. The van der Waals surface area contributed by atoms with Crippen molar-refractivity contribution in [3.8, 4) is 5.69 Å². The normalized spacial score (nSPS) is 14.3. The van der Waals surface area contributed by atoms with E-state index in [0.29, 0.717) is 42.9 Å². The van der Waals surface area contributed by atoms with Crippen molar-refractivity contribution in [3.05, 3.63) is 76.9 Å². The van der Waals surface area contributed by atoms with Crippen LogP contribution in [0.15, 0.2) is 48.7 Å². The average molecular weight is 443 g/mol. The molecule has 0 aliphatic carbocycles. The number of amides is 1. The average Bonchev–Trinajstić information content (AvgIpc) is 3.17. The van der Waals surface area contributed by atoms with Crippen LogP contribution in [0.1, 0.15) is 34.1 Å². The van der Waals surface area contributed by atoms with Gasteiger partial charge in [0, 0.05) is 18.8 Å². The smallest absolute Gasteiger partial charge is 0.259 e. The highest BCUT2D eigenvalue weighted by Gasteiger charge is 2.25. The van der Waals surface area contributed by atoms with Gasteiger partial charge in [0.2, 0.25) is 10.0 Å². The summed E-state index contributed by atoms with van der Waals surface area (Å²) in [7, 11) is -3.27. The Hall–Kier alpha value is -3.04. The number of rotatable bonds is 5. The fraction of sp³-hybridized carbons (Fsp3) is 0.273. The number of benzene rings is 2. The van der Waals surface area contributed by atoms with E-state index in [1.54, 1.807) is 16.8 Å². The molecule has 1 aromatic heterocycles. The molecule has 0 bridgehead atoms. The number of nitrogens with zero attached hydrogens (tertiary/aromatic N) is 3. The molecule has 162 valence electrons. The van der Waals surface area contributed by atoms with Crippen LogP contribution in [-0.2, 0) is 29.4 Å². The highest BCUT2D eigenvalue weighted by Crippen LogP contribution is 2.28. The van der Waals surface area contributed by atoms with E-state index in [4.69, 9.17) is 0 Å². The summed E-state index contributed by atoms with van der Waals surface area (Å²) < 4.78 is 40.1. The summed E-state index contributed by atoms with van der Waals surface area (Å²) >= 11 is 0. The molecule has 0 saturated heterocycles. The standard InChI is InChI=1S/C22H23FN4O3S/c1-3-21-19(13-24-27(21)17-9-7-16(23)8-10-17)22(28)25-20-6-4-5-15-14-26(31(2,29)30)12-11-18(15)20/h4-10,13H,3,11-12,14H2,1-2H3,(H,25,28). The summed E-state index contributed by atoms with van der Waals surface area (Å²) in [5.41, 5.74) is 4.34. The maximum atomic E-state index is 13.3. The van der Waals surface area contributed by atoms with E-state index < -0.39 is 10.0 Å². The Balaban J connectivity index is 1.61. The first kappa shape index (κ1) is 21.2. The van der Waals surface area contributed by atoms with Crippen LogP contribution in [-0.4, -0.2) is 41.2 Å². The van der Waals surface area contributed by atoms with E-state index in [1.165, 1.54) is 28.9 Å². The molecule has 0 unspecified atom stereocenters. The van der Waals surface area contributed by atoms with Crippen molar-refractivity contribution in [2.75, 3.05) is 18.1 Å². The predicted octanol–water partition coefficient (Wildman–Crippen LogP) is 3.14. The lowest BCUT2D eigenvalue weighted by atomic mass is 9.99. The third-order valence-corrected chi connectivity index (χ3v) is 6.72. The lowest BCUT2D eigenvalue weighted by Crippen LogP contribution is -2.35. The summed E-state index contributed by atoms with van der Waals surface area (Å²) in [6.45, 7) is 2.60. The van der Waals surface area contributed by atoms with E-state index in [-0.39, 0.29) is 11.7 Å². The van der Waals surface area contributed by atoms with Gasteiger partial charge in [-0.25, -0.2) is 17.5 Å². The van der Waals surface area contributed by atoms with Crippen molar-refractivity contribution in [1.29, 1.82) is 0 Å². The summed E-state index contributed by atoms with van der Waals surface area (Å²) in [5.74, 6) is -0.626. The van der Waals surface area contributed by atoms with Crippen LogP contribution in [0, 0.1) is 5.82 Å². The van der Waals surface area contributed by atoms with Crippen LogP contribution in [0.25, 0.3) is 5.69 Å². The highest BCUT2D eigenvalue weighted by atomic mass is 32.2. The number of hydrogen-bond acceptors (Lipinski definition) is 4. The first-order valence-electron chi connectivity index (χ1n) is 9.98. The fourth-order valence-electron chi connectivity index (χ4n) is 3.88. The Morgan fingerprint density at radius 3 is 2.61 bits per heavy atom. The topological polar surface area (TPSA) is 84.3 Å². The number of hydrogen-bond donors (Lipinski definition) is 1. The van der Waals surface area contributed by atoms with E-state index in [1.807, 2.05) is 25.1 Å². The Bertz CT molecular complexity index is 1240. The molecule has 0 atom stereocenters. The first-order valence-corrected chi connectivity index (χ1v) is 11.8. The lowest BCUT2D eigenvalue weighted by Gasteiger charge is -2.28. The van der Waals surface area contributed by atoms with Gasteiger partial charge in [-0.1, -0.05) is 19.1 Å². The lowest BCUT2D eigenvalue weighted by molar-refractivity contribution is 0.102. The first-order chi connectivity index (χ1) is 14.8. The van der Waals surface area contributed by atoms with Crippen molar-refractivity contribution < 1.29 is 17.6 Å². The zero-order valence-corrected chi connectivity index (χ0v) is 18.1. The maximum absolute atomic E-state index is 13.3. The van der Waals surface area contributed by atoms with Gasteiger partial charge < -0.3 is 5.32 Å². The van der Waals surface area contributed by atoms with Crippen LogP contribution in [0.4, 0.5) is 10.1 Å².